The third-order valence-corrected chi connectivity index (χ3v) is 7.15. The summed E-state index contributed by atoms with van der Waals surface area (Å²) in [5.74, 6) is 2.47. The van der Waals surface area contributed by atoms with Gasteiger partial charge < -0.3 is 9.47 Å². The van der Waals surface area contributed by atoms with Gasteiger partial charge in [-0.25, -0.2) is 0 Å². The van der Waals surface area contributed by atoms with Crippen LogP contribution in [0.4, 0.5) is 0 Å². The average Bonchev–Trinajstić information content (AvgIpc) is 3.05. The van der Waals surface area contributed by atoms with Crippen LogP contribution in [0.25, 0.3) is 44.5 Å². The maximum absolute atomic E-state index is 9.19. The molecule has 0 aromatic heterocycles. The smallest absolute Gasteiger partial charge is 0.261 e. The van der Waals surface area contributed by atoms with E-state index in [-0.39, 0.29) is 0 Å². The molecule has 6 rings (SSSR count). The first-order chi connectivity index (χ1) is 21.7. The minimum absolute atomic E-state index is 0.715. The second-order valence-corrected chi connectivity index (χ2v) is 12.0. The number of hydrogen-bond donors (Lipinski definition) is 1. The van der Waals surface area contributed by atoms with Crippen LogP contribution >= 0.6 is 0 Å². The summed E-state index contributed by atoms with van der Waals surface area (Å²) in [4.78, 5) is 0. The molecule has 0 aliphatic carbocycles. The maximum atomic E-state index is 9.19. The first-order valence-electron chi connectivity index (χ1n) is 14.4. The highest BCUT2D eigenvalue weighted by Gasteiger charge is 2.13. The van der Waals surface area contributed by atoms with Gasteiger partial charge in [-0.2, -0.15) is 8.42 Å². The van der Waals surface area contributed by atoms with Gasteiger partial charge in [0.25, 0.3) is 10.1 Å². The molecule has 6 heteroatoms. The van der Waals surface area contributed by atoms with Crippen LogP contribution in [0.15, 0.2) is 146 Å². The van der Waals surface area contributed by atoms with E-state index in [1.165, 1.54) is 16.7 Å². The Kier molecular flexibility index (Phi) is 9.78. The molecule has 226 valence electrons. The molecule has 45 heavy (non-hydrogen) atoms. The van der Waals surface area contributed by atoms with E-state index in [0.717, 1.165) is 50.6 Å². The maximum Gasteiger partial charge on any atom is 0.261 e. The Hall–Kier alpha value is -5.17. The molecule has 6 aromatic carbocycles. The van der Waals surface area contributed by atoms with Crippen LogP contribution in [0, 0.1) is 6.92 Å². The van der Waals surface area contributed by atoms with Gasteiger partial charge in [0.2, 0.25) is 0 Å². The Morgan fingerprint density at radius 3 is 1.38 bits per heavy atom. The first kappa shape index (κ1) is 31.3. The fourth-order valence-corrected chi connectivity index (χ4v) is 4.96. The molecule has 0 amide bonds. The second kappa shape index (κ2) is 14.1. The quantitative estimate of drug-likeness (QED) is 0.181. The van der Waals surface area contributed by atoms with E-state index in [9.17, 15) is 8.42 Å². The zero-order valence-electron chi connectivity index (χ0n) is 25.3. The highest BCUT2D eigenvalue weighted by molar-refractivity contribution is 7.85. The van der Waals surface area contributed by atoms with Gasteiger partial charge >= 0.3 is 0 Å². The van der Waals surface area contributed by atoms with Crippen LogP contribution in [-0.2, 0) is 10.1 Å². The van der Waals surface area contributed by atoms with E-state index in [0.29, 0.717) is 6.26 Å². The van der Waals surface area contributed by atoms with Crippen LogP contribution in [-0.4, -0.2) is 26.3 Å². The van der Waals surface area contributed by atoms with Crippen molar-refractivity contribution in [1.82, 2.24) is 0 Å². The molecular weight excluding hydrogens is 580 g/mol. The molecule has 0 bridgehead atoms. The molecule has 0 unspecified atom stereocenters. The molecule has 1 N–H and O–H groups in total. The molecule has 0 atom stereocenters. The molecule has 0 fully saturated rings. The molecule has 0 aliphatic rings. The van der Waals surface area contributed by atoms with E-state index in [2.05, 4.69) is 122 Å². The van der Waals surface area contributed by atoms with Gasteiger partial charge in [-0.3, -0.25) is 4.55 Å². The van der Waals surface area contributed by atoms with Crippen LogP contribution in [0.3, 0.4) is 0 Å². The SMILES string of the molecule is COc1ccc(-c2ccc(Oc3ccc(-c4ccc(C)cc4)cc3)c(-c3ccccc3)c2)cc1-c1ccccc1.CS(=O)(=O)O. The number of ether oxygens (including phenoxy) is 2. The van der Waals surface area contributed by atoms with E-state index in [1.807, 2.05) is 30.3 Å². The lowest BCUT2D eigenvalue weighted by molar-refractivity contribution is 0.416. The minimum atomic E-state index is -3.67. The summed E-state index contributed by atoms with van der Waals surface area (Å²) in [6, 6.07) is 50.4. The second-order valence-electron chi connectivity index (χ2n) is 10.6. The van der Waals surface area contributed by atoms with Crippen molar-refractivity contribution in [3.05, 3.63) is 151 Å². The van der Waals surface area contributed by atoms with Crippen molar-refractivity contribution >= 4 is 10.1 Å². The predicted octanol–water partition coefficient (Wildman–Crippen LogP) is 9.97. The molecule has 0 spiro atoms. The van der Waals surface area contributed by atoms with E-state index < -0.39 is 10.1 Å². The third-order valence-electron chi connectivity index (χ3n) is 7.15. The number of benzene rings is 6. The Morgan fingerprint density at radius 2 is 0.911 bits per heavy atom. The Bertz CT molecular complexity index is 1960. The first-order valence-corrected chi connectivity index (χ1v) is 16.2. The third kappa shape index (κ3) is 8.48. The summed E-state index contributed by atoms with van der Waals surface area (Å²) in [5.41, 5.74) is 10.2. The molecule has 0 heterocycles. The Balaban J connectivity index is 0.000000743. The van der Waals surface area contributed by atoms with Gasteiger partial charge in [-0.05, 0) is 76.7 Å². The fourth-order valence-electron chi connectivity index (χ4n) is 4.96. The molecule has 0 radical (unpaired) electrons. The Morgan fingerprint density at radius 1 is 0.511 bits per heavy atom. The minimum Gasteiger partial charge on any atom is -0.496 e. The fraction of sp³-hybridized carbons (Fsp3) is 0.0769. The highest BCUT2D eigenvalue weighted by Crippen LogP contribution is 2.39. The topological polar surface area (TPSA) is 72.8 Å². The van der Waals surface area contributed by atoms with Crippen molar-refractivity contribution in [2.75, 3.05) is 13.4 Å². The summed E-state index contributed by atoms with van der Waals surface area (Å²) in [5, 5.41) is 0. The number of aryl methyl sites for hydroxylation is 1. The van der Waals surface area contributed by atoms with E-state index in [1.54, 1.807) is 7.11 Å². The summed E-state index contributed by atoms with van der Waals surface area (Å²) < 4.78 is 38.0. The van der Waals surface area contributed by atoms with Crippen molar-refractivity contribution < 1.29 is 22.4 Å². The van der Waals surface area contributed by atoms with E-state index >= 15 is 0 Å². The lowest BCUT2D eigenvalue weighted by Gasteiger charge is -2.15. The molecule has 0 saturated carbocycles. The van der Waals surface area contributed by atoms with E-state index in [4.69, 9.17) is 14.0 Å². The van der Waals surface area contributed by atoms with Gasteiger partial charge in [0.15, 0.2) is 0 Å². The van der Waals surface area contributed by atoms with Crippen LogP contribution in [0.5, 0.6) is 17.2 Å². The lowest BCUT2D eigenvalue weighted by atomic mass is 9.95. The Labute approximate surface area is 265 Å². The zero-order valence-corrected chi connectivity index (χ0v) is 26.2. The highest BCUT2D eigenvalue weighted by atomic mass is 32.2. The van der Waals surface area contributed by atoms with Crippen molar-refractivity contribution in [3.63, 3.8) is 0 Å². The van der Waals surface area contributed by atoms with Gasteiger partial charge in [0.1, 0.15) is 17.2 Å². The van der Waals surface area contributed by atoms with Crippen molar-refractivity contribution in [1.29, 1.82) is 0 Å². The van der Waals surface area contributed by atoms with Gasteiger partial charge in [-0.1, -0.05) is 115 Å². The zero-order chi connectivity index (χ0) is 31.8. The van der Waals surface area contributed by atoms with Crippen LogP contribution in [0.2, 0.25) is 0 Å². The molecule has 6 aromatic rings. The lowest BCUT2D eigenvalue weighted by Crippen LogP contribution is -1.92. The summed E-state index contributed by atoms with van der Waals surface area (Å²) in [6.07, 6.45) is 0.715. The van der Waals surface area contributed by atoms with Gasteiger partial charge in [0, 0.05) is 11.1 Å². The number of rotatable bonds is 7. The molecular formula is C39H34O5S. The average molecular weight is 615 g/mol. The van der Waals surface area contributed by atoms with Gasteiger partial charge in [-0.15, -0.1) is 0 Å². The van der Waals surface area contributed by atoms with Crippen molar-refractivity contribution in [3.8, 4) is 61.8 Å². The molecule has 0 saturated heterocycles. The van der Waals surface area contributed by atoms with Crippen molar-refractivity contribution in [2.45, 2.75) is 6.92 Å². The monoisotopic (exact) mass is 614 g/mol. The summed E-state index contributed by atoms with van der Waals surface area (Å²) in [6.45, 7) is 2.10. The molecule has 5 nitrogen and oxygen atoms in total. The summed E-state index contributed by atoms with van der Waals surface area (Å²) in [7, 11) is -1.95. The van der Waals surface area contributed by atoms with Gasteiger partial charge in [0.05, 0.1) is 13.4 Å². The normalized spacial score (nSPS) is 10.8. The summed E-state index contributed by atoms with van der Waals surface area (Å²) >= 11 is 0. The largest absolute Gasteiger partial charge is 0.496 e. The number of methoxy groups -OCH3 is 1. The standard InChI is InChI=1S/C38H30O2.CH4O3S/c1-27-13-15-28(16-14-27)29-17-21-34(22-18-29)40-38-24-20-33(26-36(38)31-11-7-4-8-12-31)32-19-23-37(39-2)35(25-32)30-9-5-3-6-10-30;1-5(2,3)4/h3-26H,1-2H3;1H3,(H,2,3,4). The van der Waals surface area contributed by atoms with Crippen LogP contribution in [0.1, 0.15) is 5.56 Å². The van der Waals surface area contributed by atoms with Crippen molar-refractivity contribution in [2.24, 2.45) is 0 Å². The predicted molar refractivity (Wildman–Crippen MR) is 183 cm³/mol. The van der Waals surface area contributed by atoms with Crippen LogP contribution < -0.4 is 9.47 Å². The number of hydrogen-bond acceptors (Lipinski definition) is 4. The molecule has 0 aliphatic heterocycles.